The van der Waals surface area contributed by atoms with Crippen LogP contribution in [0.25, 0.3) is 0 Å². The fourth-order valence-corrected chi connectivity index (χ4v) is 3.77. The number of hydrogen-bond acceptors (Lipinski definition) is 3. The summed E-state index contributed by atoms with van der Waals surface area (Å²) >= 11 is 12.0. The van der Waals surface area contributed by atoms with Crippen LogP contribution < -0.4 is 5.32 Å². The lowest BCUT2D eigenvalue weighted by Crippen LogP contribution is -2.47. The first-order valence-corrected chi connectivity index (χ1v) is 8.96. The molecule has 1 amide bonds. The zero-order valence-corrected chi connectivity index (χ0v) is 14.9. The number of rotatable bonds is 4. The van der Waals surface area contributed by atoms with E-state index in [1.807, 2.05) is 12.1 Å². The number of nitrogens with zero attached hydrogens (tertiary/aromatic N) is 2. The van der Waals surface area contributed by atoms with Crippen LogP contribution in [0.5, 0.6) is 0 Å². The number of amides is 1. The largest absolute Gasteiger partial charge is 0.338 e. The molecule has 2 saturated heterocycles. The summed E-state index contributed by atoms with van der Waals surface area (Å²) in [5, 5.41) is 4.48. The van der Waals surface area contributed by atoms with Gasteiger partial charge in [-0.25, -0.2) is 0 Å². The fourth-order valence-electron chi connectivity index (χ4n) is 3.45. The number of halogens is 2. The molecular formula is C17H23Cl2N3O. The maximum Gasteiger partial charge on any atom is 0.240 e. The van der Waals surface area contributed by atoms with Gasteiger partial charge in [0, 0.05) is 19.1 Å². The Kier molecular flexibility index (Phi) is 5.47. The van der Waals surface area contributed by atoms with Gasteiger partial charge in [0.15, 0.2) is 0 Å². The maximum absolute atomic E-state index is 12.6. The highest BCUT2D eigenvalue weighted by atomic mass is 35.5. The topological polar surface area (TPSA) is 35.6 Å². The van der Waals surface area contributed by atoms with E-state index < -0.39 is 0 Å². The standard InChI is InChI=1S/C17H23Cl2N3O/c1-21-7-4-13(5-8-21)22-9-6-16(17(22)23)20-11-12-2-3-14(18)15(19)10-12/h2-3,10,13,16,20H,4-9,11H2,1H3. The Morgan fingerprint density at radius 3 is 2.57 bits per heavy atom. The first-order valence-electron chi connectivity index (χ1n) is 8.21. The third kappa shape index (κ3) is 4.00. The van der Waals surface area contributed by atoms with Gasteiger partial charge in [-0.3, -0.25) is 4.79 Å². The van der Waals surface area contributed by atoms with Crippen LogP contribution in [0.1, 0.15) is 24.8 Å². The number of piperidine rings is 1. The van der Waals surface area contributed by atoms with Crippen LogP contribution in [-0.2, 0) is 11.3 Å². The molecule has 0 bridgehead atoms. The molecule has 0 aromatic heterocycles. The number of nitrogens with one attached hydrogen (secondary N) is 1. The van der Waals surface area contributed by atoms with Crippen LogP contribution in [0.15, 0.2) is 18.2 Å². The van der Waals surface area contributed by atoms with Crippen LogP contribution in [0.2, 0.25) is 10.0 Å². The lowest BCUT2D eigenvalue weighted by Gasteiger charge is -2.35. The van der Waals surface area contributed by atoms with Gasteiger partial charge in [0.25, 0.3) is 0 Å². The summed E-state index contributed by atoms with van der Waals surface area (Å²) in [6.45, 7) is 3.66. The minimum absolute atomic E-state index is 0.0795. The second kappa shape index (κ2) is 7.39. The van der Waals surface area contributed by atoms with E-state index in [0.717, 1.165) is 44.5 Å². The number of carbonyl (C=O) groups is 1. The van der Waals surface area contributed by atoms with Gasteiger partial charge in [-0.15, -0.1) is 0 Å². The van der Waals surface area contributed by atoms with E-state index in [0.29, 0.717) is 22.6 Å². The molecule has 1 unspecified atom stereocenters. The summed E-state index contributed by atoms with van der Waals surface area (Å²) in [7, 11) is 2.14. The van der Waals surface area contributed by atoms with Gasteiger partial charge in [0.2, 0.25) is 5.91 Å². The van der Waals surface area contributed by atoms with Gasteiger partial charge in [0.05, 0.1) is 16.1 Å². The molecule has 1 N–H and O–H groups in total. The monoisotopic (exact) mass is 355 g/mol. The minimum atomic E-state index is -0.0795. The molecule has 2 heterocycles. The Balaban J connectivity index is 1.53. The molecule has 1 aromatic carbocycles. The Bertz CT molecular complexity index is 573. The Morgan fingerprint density at radius 2 is 1.87 bits per heavy atom. The van der Waals surface area contributed by atoms with Crippen molar-refractivity contribution in [3.63, 3.8) is 0 Å². The van der Waals surface area contributed by atoms with Crippen molar-refractivity contribution in [2.45, 2.75) is 37.9 Å². The zero-order valence-electron chi connectivity index (χ0n) is 13.4. The summed E-state index contributed by atoms with van der Waals surface area (Å²) in [5.74, 6) is 0.250. The van der Waals surface area contributed by atoms with Crippen LogP contribution >= 0.6 is 23.2 Å². The van der Waals surface area contributed by atoms with Crippen molar-refractivity contribution >= 4 is 29.1 Å². The first kappa shape index (κ1) is 17.0. The van der Waals surface area contributed by atoms with Crippen molar-refractivity contribution < 1.29 is 4.79 Å². The lowest BCUT2D eigenvalue weighted by molar-refractivity contribution is -0.132. The van der Waals surface area contributed by atoms with Crippen molar-refractivity contribution in [3.8, 4) is 0 Å². The smallest absolute Gasteiger partial charge is 0.240 e. The van der Waals surface area contributed by atoms with Gasteiger partial charge in [0.1, 0.15) is 0 Å². The third-order valence-electron chi connectivity index (χ3n) is 4.91. The fraction of sp³-hybridized carbons (Fsp3) is 0.588. The van der Waals surface area contributed by atoms with E-state index in [-0.39, 0.29) is 11.9 Å². The van der Waals surface area contributed by atoms with Crippen LogP contribution in [0, 0.1) is 0 Å². The Morgan fingerprint density at radius 1 is 1.13 bits per heavy atom. The van der Waals surface area contributed by atoms with E-state index in [1.165, 1.54) is 0 Å². The molecule has 6 heteroatoms. The highest BCUT2D eigenvalue weighted by Gasteiger charge is 2.36. The van der Waals surface area contributed by atoms with Crippen LogP contribution in [0.3, 0.4) is 0 Å². The summed E-state index contributed by atoms with van der Waals surface area (Å²) in [5.41, 5.74) is 1.05. The molecule has 0 saturated carbocycles. The normalized spacial score (nSPS) is 23.7. The van der Waals surface area contributed by atoms with Crippen molar-refractivity contribution in [3.05, 3.63) is 33.8 Å². The molecule has 0 aliphatic carbocycles. The van der Waals surface area contributed by atoms with E-state index in [2.05, 4.69) is 22.2 Å². The third-order valence-corrected chi connectivity index (χ3v) is 5.64. The molecule has 3 rings (SSSR count). The van der Waals surface area contributed by atoms with E-state index in [9.17, 15) is 4.79 Å². The molecular weight excluding hydrogens is 333 g/mol. The van der Waals surface area contributed by atoms with E-state index >= 15 is 0 Å². The quantitative estimate of drug-likeness (QED) is 0.901. The molecule has 4 nitrogen and oxygen atoms in total. The van der Waals surface area contributed by atoms with E-state index in [4.69, 9.17) is 23.2 Å². The molecule has 0 spiro atoms. The van der Waals surface area contributed by atoms with Gasteiger partial charge in [-0.05, 0) is 57.1 Å². The number of carbonyl (C=O) groups excluding carboxylic acids is 1. The second-order valence-corrected chi connectivity index (χ2v) is 7.35. The second-order valence-electron chi connectivity index (χ2n) is 6.54. The molecule has 2 fully saturated rings. The highest BCUT2D eigenvalue weighted by molar-refractivity contribution is 6.42. The Labute approximate surface area is 147 Å². The van der Waals surface area contributed by atoms with Crippen molar-refractivity contribution in [2.75, 3.05) is 26.7 Å². The summed E-state index contributed by atoms with van der Waals surface area (Å²) in [6.07, 6.45) is 3.05. The van der Waals surface area contributed by atoms with Crippen LogP contribution in [0.4, 0.5) is 0 Å². The molecule has 0 radical (unpaired) electrons. The summed E-state index contributed by atoms with van der Waals surface area (Å²) < 4.78 is 0. The van der Waals surface area contributed by atoms with Gasteiger partial charge in [-0.1, -0.05) is 29.3 Å². The molecule has 2 aliphatic heterocycles. The van der Waals surface area contributed by atoms with Crippen molar-refractivity contribution in [2.24, 2.45) is 0 Å². The predicted molar refractivity (Wildman–Crippen MR) is 93.9 cm³/mol. The SMILES string of the molecule is CN1CCC(N2CCC(NCc3ccc(Cl)c(Cl)c3)C2=O)CC1. The molecule has 1 aromatic rings. The number of hydrogen-bond donors (Lipinski definition) is 1. The Hall–Kier alpha value is -0.810. The van der Waals surface area contributed by atoms with Crippen LogP contribution in [-0.4, -0.2) is 54.5 Å². The highest BCUT2D eigenvalue weighted by Crippen LogP contribution is 2.24. The average molecular weight is 356 g/mol. The van der Waals surface area contributed by atoms with E-state index in [1.54, 1.807) is 6.07 Å². The molecule has 2 aliphatic rings. The number of likely N-dealkylation sites (tertiary alicyclic amines) is 2. The first-order chi connectivity index (χ1) is 11.0. The lowest BCUT2D eigenvalue weighted by atomic mass is 10.0. The predicted octanol–water partition coefficient (Wildman–Crippen LogP) is 2.78. The zero-order chi connectivity index (χ0) is 16.4. The maximum atomic E-state index is 12.6. The van der Waals surface area contributed by atoms with Gasteiger partial charge < -0.3 is 15.1 Å². The summed E-state index contributed by atoms with van der Waals surface area (Å²) in [4.78, 5) is 17.0. The average Bonchev–Trinajstić information content (AvgIpc) is 2.90. The van der Waals surface area contributed by atoms with Crippen molar-refractivity contribution in [1.29, 1.82) is 0 Å². The molecule has 126 valence electrons. The molecule has 1 atom stereocenters. The molecule has 23 heavy (non-hydrogen) atoms. The van der Waals surface area contributed by atoms with Gasteiger partial charge >= 0.3 is 0 Å². The van der Waals surface area contributed by atoms with Gasteiger partial charge in [-0.2, -0.15) is 0 Å². The minimum Gasteiger partial charge on any atom is -0.338 e. The van der Waals surface area contributed by atoms with Crippen molar-refractivity contribution in [1.82, 2.24) is 15.1 Å². The summed E-state index contributed by atoms with van der Waals surface area (Å²) in [6, 6.07) is 5.92. The number of benzene rings is 1.